The van der Waals surface area contributed by atoms with Crippen molar-refractivity contribution in [2.75, 3.05) is 0 Å². The molecule has 1 saturated carbocycles. The van der Waals surface area contributed by atoms with Gasteiger partial charge in [-0.2, -0.15) is 5.10 Å². The molecule has 3 rings (SSSR count). The zero-order valence-electron chi connectivity index (χ0n) is 11.7. The monoisotopic (exact) mass is 290 g/mol. The van der Waals surface area contributed by atoms with Crippen molar-refractivity contribution in [3.8, 4) is 11.4 Å². The Morgan fingerprint density at radius 3 is 2.90 bits per heavy atom. The maximum absolute atomic E-state index is 12.6. The van der Waals surface area contributed by atoms with E-state index in [-0.39, 0.29) is 5.56 Å². The van der Waals surface area contributed by atoms with Crippen LogP contribution in [-0.2, 0) is 6.54 Å². The van der Waals surface area contributed by atoms with Crippen LogP contribution in [0.1, 0.15) is 32.7 Å². The molecule has 5 nitrogen and oxygen atoms in total. The lowest BCUT2D eigenvalue weighted by molar-refractivity contribution is 0.521. The van der Waals surface area contributed by atoms with Crippen molar-refractivity contribution in [1.82, 2.24) is 19.3 Å². The Balaban J connectivity index is 2.12. The summed E-state index contributed by atoms with van der Waals surface area (Å²) in [5.74, 6) is 1.08. The molecule has 0 spiro atoms. The summed E-state index contributed by atoms with van der Waals surface area (Å²) in [5, 5.41) is 7.05. The molecule has 20 heavy (non-hydrogen) atoms. The van der Waals surface area contributed by atoms with Crippen molar-refractivity contribution in [1.29, 1.82) is 0 Å². The molecule has 0 bridgehead atoms. The maximum Gasteiger partial charge on any atom is 0.261 e. The van der Waals surface area contributed by atoms with Crippen LogP contribution in [0.3, 0.4) is 0 Å². The molecule has 2 aromatic rings. The molecule has 2 heterocycles. The van der Waals surface area contributed by atoms with E-state index in [1.165, 1.54) is 0 Å². The molecule has 1 aliphatic rings. The molecule has 0 unspecified atom stereocenters. The van der Waals surface area contributed by atoms with Gasteiger partial charge in [-0.3, -0.25) is 14.5 Å². The Morgan fingerprint density at radius 2 is 2.25 bits per heavy atom. The lowest BCUT2D eigenvalue weighted by Crippen LogP contribution is -2.21. The molecule has 1 aliphatic carbocycles. The fraction of sp³-hybridized carbons (Fsp3) is 0.500. The van der Waals surface area contributed by atoms with E-state index in [9.17, 15) is 4.79 Å². The molecule has 0 aromatic carbocycles. The van der Waals surface area contributed by atoms with E-state index in [1.807, 2.05) is 27.5 Å². The number of nitrogens with one attached hydrogen (secondary N) is 1. The molecule has 1 fully saturated rings. The van der Waals surface area contributed by atoms with E-state index < -0.39 is 0 Å². The highest BCUT2D eigenvalue weighted by atomic mass is 32.1. The average molecular weight is 290 g/mol. The number of pyridine rings is 1. The van der Waals surface area contributed by atoms with Gasteiger partial charge in [-0.25, -0.2) is 0 Å². The van der Waals surface area contributed by atoms with Crippen LogP contribution in [-0.4, -0.2) is 19.3 Å². The highest BCUT2D eigenvalue weighted by Gasteiger charge is 2.25. The van der Waals surface area contributed by atoms with Gasteiger partial charge < -0.3 is 4.57 Å². The molecule has 1 N–H and O–H groups in total. The van der Waals surface area contributed by atoms with Crippen molar-refractivity contribution in [3.63, 3.8) is 0 Å². The highest BCUT2D eigenvalue weighted by Crippen LogP contribution is 2.33. The lowest BCUT2D eigenvalue weighted by Gasteiger charge is -2.10. The van der Waals surface area contributed by atoms with Crippen LogP contribution in [0.25, 0.3) is 11.4 Å². The molecule has 0 radical (unpaired) electrons. The fourth-order valence-corrected chi connectivity index (χ4v) is 2.58. The predicted molar refractivity (Wildman–Crippen MR) is 80.2 cm³/mol. The SMILES string of the molecule is CC(C)Cn1c(-c2cccn(C3CC3)c2=O)n[nH]c1=S. The summed E-state index contributed by atoms with van der Waals surface area (Å²) in [5.41, 5.74) is 0.640. The van der Waals surface area contributed by atoms with Gasteiger partial charge in [-0.1, -0.05) is 13.8 Å². The largest absolute Gasteiger partial charge is 0.312 e. The van der Waals surface area contributed by atoms with Crippen LogP contribution < -0.4 is 5.56 Å². The van der Waals surface area contributed by atoms with E-state index >= 15 is 0 Å². The van der Waals surface area contributed by atoms with Gasteiger partial charge in [0.2, 0.25) is 0 Å². The zero-order valence-corrected chi connectivity index (χ0v) is 12.5. The predicted octanol–water partition coefficient (Wildman–Crippen LogP) is 2.76. The van der Waals surface area contributed by atoms with Crippen LogP contribution in [0.5, 0.6) is 0 Å². The van der Waals surface area contributed by atoms with E-state index in [0.29, 0.717) is 28.1 Å². The van der Waals surface area contributed by atoms with Gasteiger partial charge in [0, 0.05) is 18.8 Å². The number of hydrogen-bond acceptors (Lipinski definition) is 3. The third-order valence-corrected chi connectivity index (χ3v) is 3.77. The van der Waals surface area contributed by atoms with Gasteiger partial charge in [-0.15, -0.1) is 0 Å². The first-order chi connectivity index (χ1) is 9.58. The van der Waals surface area contributed by atoms with Crippen LogP contribution in [0.15, 0.2) is 23.1 Å². The summed E-state index contributed by atoms with van der Waals surface area (Å²) < 4.78 is 4.29. The minimum Gasteiger partial charge on any atom is -0.312 e. The average Bonchev–Trinajstić information content (AvgIpc) is 3.17. The second kappa shape index (κ2) is 5.01. The normalized spacial score (nSPS) is 14.9. The third-order valence-electron chi connectivity index (χ3n) is 3.46. The van der Waals surface area contributed by atoms with Crippen molar-refractivity contribution >= 4 is 12.2 Å². The Hall–Kier alpha value is -1.69. The number of nitrogens with zero attached hydrogens (tertiary/aromatic N) is 3. The molecular formula is C14H18N4OS. The Labute approximate surface area is 122 Å². The first kappa shape index (κ1) is 13.3. The molecule has 2 aromatic heterocycles. The summed E-state index contributed by atoms with van der Waals surface area (Å²) >= 11 is 5.27. The number of H-pyrrole nitrogens is 1. The van der Waals surface area contributed by atoms with E-state index in [0.717, 1.165) is 19.4 Å². The quantitative estimate of drug-likeness (QED) is 0.881. The summed E-state index contributed by atoms with van der Waals surface area (Å²) in [6, 6.07) is 4.10. The van der Waals surface area contributed by atoms with Crippen molar-refractivity contribution in [2.45, 2.75) is 39.3 Å². The highest BCUT2D eigenvalue weighted by molar-refractivity contribution is 7.71. The molecular weight excluding hydrogens is 272 g/mol. The first-order valence-corrected chi connectivity index (χ1v) is 7.35. The minimum absolute atomic E-state index is 0.0222. The molecule has 0 atom stereocenters. The second-order valence-electron chi connectivity index (χ2n) is 5.72. The summed E-state index contributed by atoms with van der Waals surface area (Å²) in [4.78, 5) is 12.6. The molecule has 6 heteroatoms. The Morgan fingerprint density at radius 1 is 1.50 bits per heavy atom. The topological polar surface area (TPSA) is 55.6 Å². The number of aromatic nitrogens is 4. The standard InChI is InChI=1S/C14H18N4OS/c1-9(2)8-18-12(15-16-14(18)20)11-4-3-7-17(13(11)19)10-5-6-10/h3-4,7,9-10H,5-6,8H2,1-2H3,(H,16,20). The number of aromatic amines is 1. The van der Waals surface area contributed by atoms with Crippen LogP contribution in [0.4, 0.5) is 0 Å². The van der Waals surface area contributed by atoms with Crippen LogP contribution >= 0.6 is 12.2 Å². The van der Waals surface area contributed by atoms with Crippen molar-refractivity contribution in [2.24, 2.45) is 5.92 Å². The van der Waals surface area contributed by atoms with E-state index in [1.54, 1.807) is 0 Å². The van der Waals surface area contributed by atoms with Crippen LogP contribution in [0, 0.1) is 10.7 Å². The van der Waals surface area contributed by atoms with Gasteiger partial charge in [0.15, 0.2) is 10.6 Å². The Kier molecular flexibility index (Phi) is 3.33. The summed E-state index contributed by atoms with van der Waals surface area (Å²) in [7, 11) is 0. The smallest absolute Gasteiger partial charge is 0.261 e. The van der Waals surface area contributed by atoms with E-state index in [2.05, 4.69) is 24.0 Å². The van der Waals surface area contributed by atoms with Crippen molar-refractivity contribution in [3.05, 3.63) is 33.5 Å². The molecule has 0 saturated heterocycles. The van der Waals surface area contributed by atoms with Gasteiger partial charge in [-0.05, 0) is 43.1 Å². The zero-order chi connectivity index (χ0) is 14.3. The molecule has 0 amide bonds. The van der Waals surface area contributed by atoms with Crippen LogP contribution in [0.2, 0.25) is 0 Å². The first-order valence-electron chi connectivity index (χ1n) is 6.94. The molecule has 106 valence electrons. The fourth-order valence-electron chi connectivity index (χ4n) is 2.38. The summed E-state index contributed by atoms with van der Waals surface area (Å²) in [6.45, 7) is 4.99. The van der Waals surface area contributed by atoms with Gasteiger partial charge in [0.1, 0.15) is 0 Å². The summed E-state index contributed by atoms with van der Waals surface area (Å²) in [6.07, 6.45) is 4.03. The molecule has 0 aliphatic heterocycles. The minimum atomic E-state index is 0.0222. The van der Waals surface area contributed by atoms with Gasteiger partial charge >= 0.3 is 0 Å². The van der Waals surface area contributed by atoms with Gasteiger partial charge in [0.05, 0.1) is 5.56 Å². The number of hydrogen-bond donors (Lipinski definition) is 1. The van der Waals surface area contributed by atoms with Gasteiger partial charge in [0.25, 0.3) is 5.56 Å². The Bertz CT molecular complexity index is 736. The maximum atomic E-state index is 12.6. The third kappa shape index (κ3) is 2.35. The second-order valence-corrected chi connectivity index (χ2v) is 6.11. The lowest BCUT2D eigenvalue weighted by atomic mass is 10.2. The van der Waals surface area contributed by atoms with E-state index in [4.69, 9.17) is 12.2 Å². The van der Waals surface area contributed by atoms with Crippen molar-refractivity contribution < 1.29 is 0 Å². The number of rotatable bonds is 4.